The molecule has 0 N–H and O–H groups in total. The van der Waals surface area contributed by atoms with Gasteiger partial charge in [0.1, 0.15) is 0 Å². The highest BCUT2D eigenvalue weighted by Gasteiger charge is 2.38. The SMILES string of the molecule is CC[C@]1(c2ccccc2)OCC[C@H](CCN=[N+]=[N-])O1. The van der Waals surface area contributed by atoms with E-state index >= 15 is 0 Å². The van der Waals surface area contributed by atoms with Crippen LogP contribution in [0.15, 0.2) is 35.4 Å². The molecule has 0 aliphatic carbocycles. The molecule has 0 bridgehead atoms. The summed E-state index contributed by atoms with van der Waals surface area (Å²) in [7, 11) is 0. The van der Waals surface area contributed by atoms with Crippen molar-refractivity contribution in [2.24, 2.45) is 5.11 Å². The first-order valence-electron chi connectivity index (χ1n) is 6.69. The van der Waals surface area contributed by atoms with Gasteiger partial charge in [-0.05, 0) is 18.4 Å². The molecule has 1 aromatic carbocycles. The summed E-state index contributed by atoms with van der Waals surface area (Å²) in [5, 5.41) is 3.57. The van der Waals surface area contributed by atoms with E-state index in [9.17, 15) is 0 Å². The van der Waals surface area contributed by atoms with Crippen LogP contribution in [0, 0.1) is 0 Å². The highest BCUT2D eigenvalue weighted by atomic mass is 16.7. The van der Waals surface area contributed by atoms with Crippen LogP contribution in [0.4, 0.5) is 0 Å². The summed E-state index contributed by atoms with van der Waals surface area (Å²) >= 11 is 0. The van der Waals surface area contributed by atoms with Crippen molar-refractivity contribution in [1.82, 2.24) is 0 Å². The Morgan fingerprint density at radius 2 is 2.21 bits per heavy atom. The van der Waals surface area contributed by atoms with Gasteiger partial charge in [-0.15, -0.1) is 0 Å². The van der Waals surface area contributed by atoms with Crippen molar-refractivity contribution < 1.29 is 9.47 Å². The van der Waals surface area contributed by atoms with E-state index in [1.165, 1.54) is 0 Å². The lowest BCUT2D eigenvalue weighted by atomic mass is 10.0. The Balaban J connectivity index is 2.10. The molecule has 2 rings (SSSR count). The molecule has 19 heavy (non-hydrogen) atoms. The maximum atomic E-state index is 8.32. The third kappa shape index (κ3) is 3.26. The lowest BCUT2D eigenvalue weighted by molar-refractivity contribution is -0.304. The zero-order valence-electron chi connectivity index (χ0n) is 11.2. The van der Waals surface area contributed by atoms with E-state index in [0.29, 0.717) is 13.2 Å². The Bertz CT molecular complexity index is 445. The van der Waals surface area contributed by atoms with E-state index < -0.39 is 5.79 Å². The average Bonchev–Trinajstić information content (AvgIpc) is 2.49. The Hall–Kier alpha value is -1.55. The largest absolute Gasteiger partial charge is 0.346 e. The minimum atomic E-state index is -0.652. The first kappa shape index (κ1) is 13.9. The first-order chi connectivity index (χ1) is 9.30. The van der Waals surface area contributed by atoms with Gasteiger partial charge in [-0.2, -0.15) is 0 Å². The molecule has 0 spiro atoms. The number of hydrogen-bond donors (Lipinski definition) is 0. The summed E-state index contributed by atoms with van der Waals surface area (Å²) in [4.78, 5) is 2.77. The fraction of sp³-hybridized carbons (Fsp3) is 0.571. The van der Waals surface area contributed by atoms with Gasteiger partial charge >= 0.3 is 0 Å². The van der Waals surface area contributed by atoms with Gasteiger partial charge in [0.05, 0.1) is 12.7 Å². The molecule has 1 heterocycles. The van der Waals surface area contributed by atoms with Crippen LogP contribution in [0.1, 0.15) is 31.7 Å². The zero-order chi connectivity index (χ0) is 13.6. The van der Waals surface area contributed by atoms with Gasteiger partial charge < -0.3 is 9.47 Å². The van der Waals surface area contributed by atoms with Crippen LogP contribution in [-0.4, -0.2) is 19.3 Å². The van der Waals surface area contributed by atoms with Crippen molar-refractivity contribution in [3.05, 3.63) is 46.3 Å². The van der Waals surface area contributed by atoms with E-state index in [2.05, 4.69) is 16.9 Å². The van der Waals surface area contributed by atoms with Gasteiger partial charge in [0, 0.05) is 23.4 Å². The third-order valence-corrected chi connectivity index (χ3v) is 3.43. The molecule has 0 unspecified atom stereocenters. The summed E-state index contributed by atoms with van der Waals surface area (Å²) in [6.07, 6.45) is 2.42. The first-order valence-corrected chi connectivity index (χ1v) is 6.69. The van der Waals surface area contributed by atoms with Crippen molar-refractivity contribution in [3.8, 4) is 0 Å². The smallest absolute Gasteiger partial charge is 0.194 e. The molecule has 1 aliphatic heterocycles. The minimum Gasteiger partial charge on any atom is -0.346 e. The van der Waals surface area contributed by atoms with Gasteiger partial charge in [0.15, 0.2) is 5.79 Å². The maximum Gasteiger partial charge on any atom is 0.194 e. The lowest BCUT2D eigenvalue weighted by Crippen LogP contribution is -2.42. The Morgan fingerprint density at radius 1 is 1.42 bits per heavy atom. The van der Waals surface area contributed by atoms with Gasteiger partial charge in [0.25, 0.3) is 0 Å². The molecule has 5 heteroatoms. The van der Waals surface area contributed by atoms with Gasteiger partial charge in [0.2, 0.25) is 0 Å². The molecule has 1 fully saturated rings. The summed E-state index contributed by atoms with van der Waals surface area (Å²) in [5.41, 5.74) is 9.36. The number of rotatable bonds is 5. The number of nitrogens with zero attached hydrogens (tertiary/aromatic N) is 3. The summed E-state index contributed by atoms with van der Waals surface area (Å²) in [6, 6.07) is 10.0. The predicted molar refractivity (Wildman–Crippen MR) is 72.5 cm³/mol. The Morgan fingerprint density at radius 3 is 2.89 bits per heavy atom. The fourth-order valence-electron chi connectivity index (χ4n) is 2.40. The van der Waals surface area contributed by atoms with Gasteiger partial charge in [-0.1, -0.05) is 42.4 Å². The molecule has 5 nitrogen and oxygen atoms in total. The van der Waals surface area contributed by atoms with Gasteiger partial charge in [-0.25, -0.2) is 0 Å². The molecule has 1 aromatic rings. The number of ether oxygens (including phenoxy) is 2. The van der Waals surface area contributed by atoms with E-state index in [-0.39, 0.29) is 6.10 Å². The zero-order valence-corrected chi connectivity index (χ0v) is 11.2. The average molecular weight is 261 g/mol. The lowest BCUT2D eigenvalue weighted by Gasteiger charge is -2.41. The van der Waals surface area contributed by atoms with Crippen LogP contribution in [0.2, 0.25) is 0 Å². The monoisotopic (exact) mass is 261 g/mol. The van der Waals surface area contributed by atoms with Crippen LogP contribution in [0.25, 0.3) is 10.4 Å². The maximum absolute atomic E-state index is 8.32. The normalized spacial score (nSPS) is 26.7. The second-order valence-corrected chi connectivity index (χ2v) is 4.59. The highest BCUT2D eigenvalue weighted by Crippen LogP contribution is 2.36. The van der Waals surface area contributed by atoms with Crippen molar-refractivity contribution in [2.75, 3.05) is 13.2 Å². The van der Waals surface area contributed by atoms with E-state index in [0.717, 1.165) is 24.8 Å². The van der Waals surface area contributed by atoms with E-state index in [1.54, 1.807) is 0 Å². The number of hydrogen-bond acceptors (Lipinski definition) is 3. The van der Waals surface area contributed by atoms with E-state index in [4.69, 9.17) is 15.0 Å². The fourth-order valence-corrected chi connectivity index (χ4v) is 2.40. The molecule has 0 radical (unpaired) electrons. The van der Waals surface area contributed by atoms with Crippen LogP contribution >= 0.6 is 0 Å². The quantitative estimate of drug-likeness (QED) is 0.460. The predicted octanol–water partition coefficient (Wildman–Crippen LogP) is 3.76. The molecular formula is C14H19N3O2. The van der Waals surface area contributed by atoms with Crippen LogP contribution < -0.4 is 0 Å². The summed E-state index contributed by atoms with van der Waals surface area (Å²) < 4.78 is 12.1. The van der Waals surface area contributed by atoms with Crippen molar-refractivity contribution >= 4 is 0 Å². The number of benzene rings is 1. The molecule has 0 aromatic heterocycles. The number of azide groups is 1. The Kier molecular flexibility index (Phi) is 4.80. The van der Waals surface area contributed by atoms with Crippen molar-refractivity contribution in [1.29, 1.82) is 0 Å². The standard InChI is InChI=1S/C14H19N3O2/c1-2-14(12-6-4-3-5-7-12)18-11-9-13(19-14)8-10-16-17-15/h3-7,13H,2,8-11H2,1H3/t13-,14-/m0/s1. The highest BCUT2D eigenvalue weighted by molar-refractivity contribution is 5.20. The molecule has 0 saturated carbocycles. The topological polar surface area (TPSA) is 67.2 Å². The summed E-state index contributed by atoms with van der Waals surface area (Å²) in [5.74, 6) is -0.652. The van der Waals surface area contributed by atoms with Gasteiger partial charge in [-0.3, -0.25) is 0 Å². The van der Waals surface area contributed by atoms with Crippen molar-refractivity contribution in [3.63, 3.8) is 0 Å². The molecular weight excluding hydrogens is 242 g/mol. The van der Waals surface area contributed by atoms with Crippen LogP contribution in [0.5, 0.6) is 0 Å². The Labute approximate surface area is 113 Å². The second-order valence-electron chi connectivity index (χ2n) is 4.59. The summed E-state index contributed by atoms with van der Waals surface area (Å²) in [6.45, 7) is 3.20. The third-order valence-electron chi connectivity index (χ3n) is 3.43. The minimum absolute atomic E-state index is 0.0828. The molecule has 2 atom stereocenters. The van der Waals surface area contributed by atoms with Crippen molar-refractivity contribution in [2.45, 2.75) is 38.1 Å². The molecule has 1 aliphatic rings. The second kappa shape index (κ2) is 6.57. The molecule has 1 saturated heterocycles. The van der Waals surface area contributed by atoms with Crippen LogP contribution in [0.3, 0.4) is 0 Å². The van der Waals surface area contributed by atoms with E-state index in [1.807, 2.05) is 30.3 Å². The van der Waals surface area contributed by atoms with Crippen LogP contribution in [-0.2, 0) is 15.3 Å². The molecule has 102 valence electrons. The molecule has 0 amide bonds.